The summed E-state index contributed by atoms with van der Waals surface area (Å²) in [5, 5.41) is 11.8. The van der Waals surface area contributed by atoms with E-state index < -0.39 is 8.07 Å². The van der Waals surface area contributed by atoms with Gasteiger partial charge in [0.05, 0.1) is 14.2 Å². The zero-order valence-corrected chi connectivity index (χ0v) is 12.9. The lowest BCUT2D eigenvalue weighted by Crippen LogP contribution is -2.49. The third-order valence-electron chi connectivity index (χ3n) is 5.08. The van der Waals surface area contributed by atoms with E-state index in [1.807, 2.05) is 0 Å². The molecule has 1 saturated carbocycles. The van der Waals surface area contributed by atoms with Crippen LogP contribution in [0, 0.1) is 5.92 Å². The zero-order chi connectivity index (χ0) is 13.2. The van der Waals surface area contributed by atoms with Crippen LogP contribution in [-0.2, 0) is 0 Å². The molecule has 1 aliphatic carbocycles. The van der Waals surface area contributed by atoms with Crippen LogP contribution in [0.2, 0.25) is 18.6 Å². The van der Waals surface area contributed by atoms with Gasteiger partial charge in [-0.15, -0.1) is 0 Å². The third kappa shape index (κ3) is 2.70. The van der Waals surface area contributed by atoms with Crippen molar-refractivity contribution in [2.24, 2.45) is 5.92 Å². The second kappa shape index (κ2) is 5.58. The maximum atomic E-state index is 10.3. The molecule has 1 aliphatic rings. The summed E-state index contributed by atoms with van der Waals surface area (Å²) in [6, 6.07) is 10.9. The number of hydrogen-bond donors (Lipinski definition) is 1. The fourth-order valence-corrected chi connectivity index (χ4v) is 6.43. The summed E-state index contributed by atoms with van der Waals surface area (Å²) in [7, 11) is -1.47. The first-order valence-electron chi connectivity index (χ1n) is 7.27. The van der Waals surface area contributed by atoms with Crippen LogP contribution in [-0.4, -0.2) is 19.3 Å². The topological polar surface area (TPSA) is 20.2 Å². The highest BCUT2D eigenvalue weighted by molar-refractivity contribution is 6.91. The number of aliphatic hydroxyl groups is 1. The summed E-state index contributed by atoms with van der Waals surface area (Å²) in [5.74, 6) is 0.514. The van der Waals surface area contributed by atoms with Crippen molar-refractivity contribution < 1.29 is 5.11 Å². The van der Waals surface area contributed by atoms with Crippen LogP contribution in [0.25, 0.3) is 0 Å². The highest BCUT2D eigenvalue weighted by atomic mass is 28.3. The minimum atomic E-state index is -1.47. The monoisotopic (exact) mass is 262 g/mol. The maximum Gasteiger partial charge on any atom is 0.0837 e. The van der Waals surface area contributed by atoms with Crippen LogP contribution in [0.1, 0.15) is 32.6 Å². The van der Waals surface area contributed by atoms with Crippen LogP contribution in [0.3, 0.4) is 0 Å². The average molecular weight is 262 g/mol. The summed E-state index contributed by atoms with van der Waals surface area (Å²) in [6.45, 7) is 7.28. The van der Waals surface area contributed by atoms with E-state index in [1.165, 1.54) is 24.4 Å². The molecule has 0 saturated heterocycles. The molecule has 0 amide bonds. The number of hydrogen-bond acceptors (Lipinski definition) is 1. The van der Waals surface area contributed by atoms with Gasteiger partial charge in [-0.25, -0.2) is 0 Å². The van der Waals surface area contributed by atoms with Crippen molar-refractivity contribution in [3.63, 3.8) is 0 Å². The smallest absolute Gasteiger partial charge is 0.0837 e. The normalized spacial score (nSPS) is 26.9. The molecule has 0 bridgehead atoms. The largest absolute Gasteiger partial charge is 0.393 e. The summed E-state index contributed by atoms with van der Waals surface area (Å²) in [4.78, 5) is 0. The van der Waals surface area contributed by atoms with Gasteiger partial charge in [0.2, 0.25) is 0 Å². The van der Waals surface area contributed by atoms with Crippen molar-refractivity contribution in [2.45, 2.75) is 57.3 Å². The van der Waals surface area contributed by atoms with E-state index in [0.717, 1.165) is 6.42 Å². The zero-order valence-electron chi connectivity index (χ0n) is 11.9. The molecule has 1 nitrogen and oxygen atoms in total. The lowest BCUT2D eigenvalue weighted by Gasteiger charge is -2.40. The SMILES string of the molecule is C[C@@H]([C@@H]1CCCC[C@H]1O)[Si](C)(C)c1ccccc1. The first-order valence-corrected chi connectivity index (χ1v) is 10.3. The Morgan fingerprint density at radius 1 is 1.11 bits per heavy atom. The Balaban J connectivity index is 2.18. The van der Waals surface area contributed by atoms with Crippen LogP contribution >= 0.6 is 0 Å². The molecular weight excluding hydrogens is 236 g/mol. The lowest BCUT2D eigenvalue weighted by atomic mass is 9.84. The van der Waals surface area contributed by atoms with Gasteiger partial charge in [-0.05, 0) is 24.3 Å². The first-order chi connectivity index (χ1) is 8.53. The van der Waals surface area contributed by atoms with Crippen molar-refractivity contribution in [2.75, 3.05) is 0 Å². The third-order valence-corrected chi connectivity index (χ3v) is 9.61. The molecule has 1 aromatic rings. The van der Waals surface area contributed by atoms with Crippen LogP contribution < -0.4 is 5.19 Å². The second-order valence-corrected chi connectivity index (χ2v) is 11.3. The van der Waals surface area contributed by atoms with Gasteiger partial charge in [0.1, 0.15) is 0 Å². The van der Waals surface area contributed by atoms with Gasteiger partial charge in [-0.2, -0.15) is 0 Å². The number of rotatable bonds is 3. The standard InChI is InChI=1S/C16H26OSi/c1-13(15-11-7-8-12-16(15)17)18(2,3)14-9-5-4-6-10-14/h4-6,9-10,13,15-17H,7-8,11-12H2,1-3H3/t13-,15-,16+/m0/s1. The fourth-order valence-electron chi connectivity index (χ4n) is 3.39. The minimum absolute atomic E-state index is 0.0655. The van der Waals surface area contributed by atoms with Gasteiger partial charge >= 0.3 is 0 Å². The Bertz CT molecular complexity index is 374. The molecule has 0 aliphatic heterocycles. The minimum Gasteiger partial charge on any atom is -0.393 e. The van der Waals surface area contributed by atoms with Crippen LogP contribution in [0.4, 0.5) is 0 Å². The van der Waals surface area contributed by atoms with E-state index in [9.17, 15) is 5.11 Å². The van der Waals surface area contributed by atoms with Crippen molar-refractivity contribution >= 4 is 13.3 Å². The number of aliphatic hydroxyl groups excluding tert-OH is 1. The molecule has 1 fully saturated rings. The fraction of sp³-hybridized carbons (Fsp3) is 0.625. The van der Waals surface area contributed by atoms with Gasteiger partial charge in [-0.1, -0.05) is 68.4 Å². The molecule has 1 aromatic carbocycles. The summed E-state index contributed by atoms with van der Waals surface area (Å²) in [6.07, 6.45) is 4.66. The molecule has 0 unspecified atom stereocenters. The highest BCUT2D eigenvalue weighted by Crippen LogP contribution is 2.39. The van der Waals surface area contributed by atoms with Crippen molar-refractivity contribution in [1.29, 1.82) is 0 Å². The predicted octanol–water partition coefficient (Wildman–Crippen LogP) is 3.54. The van der Waals surface area contributed by atoms with E-state index in [4.69, 9.17) is 0 Å². The molecule has 0 aromatic heterocycles. The van der Waals surface area contributed by atoms with Crippen molar-refractivity contribution in [3.05, 3.63) is 30.3 Å². The van der Waals surface area contributed by atoms with E-state index in [2.05, 4.69) is 50.3 Å². The predicted molar refractivity (Wildman–Crippen MR) is 80.9 cm³/mol. The summed E-state index contributed by atoms with van der Waals surface area (Å²) in [5.41, 5.74) is 0.648. The molecule has 0 heterocycles. The Morgan fingerprint density at radius 3 is 2.33 bits per heavy atom. The molecular formula is C16H26OSi. The van der Waals surface area contributed by atoms with Gasteiger partial charge in [0.15, 0.2) is 0 Å². The van der Waals surface area contributed by atoms with E-state index in [1.54, 1.807) is 0 Å². The molecule has 0 spiro atoms. The highest BCUT2D eigenvalue weighted by Gasteiger charge is 2.39. The maximum absolute atomic E-state index is 10.3. The molecule has 2 heteroatoms. The molecule has 1 N–H and O–H groups in total. The second-order valence-electron chi connectivity index (χ2n) is 6.39. The Labute approximate surface area is 112 Å². The van der Waals surface area contributed by atoms with Crippen LogP contribution in [0.15, 0.2) is 30.3 Å². The van der Waals surface area contributed by atoms with E-state index in [0.29, 0.717) is 11.5 Å². The number of benzene rings is 1. The van der Waals surface area contributed by atoms with Gasteiger partial charge in [0.25, 0.3) is 0 Å². The van der Waals surface area contributed by atoms with Crippen molar-refractivity contribution in [3.8, 4) is 0 Å². The Hall–Kier alpha value is -0.603. The van der Waals surface area contributed by atoms with Crippen LogP contribution in [0.5, 0.6) is 0 Å². The van der Waals surface area contributed by atoms with Gasteiger partial charge in [0, 0.05) is 0 Å². The Kier molecular flexibility index (Phi) is 4.28. The summed E-state index contributed by atoms with van der Waals surface area (Å²) < 4.78 is 0. The van der Waals surface area contributed by atoms with E-state index in [-0.39, 0.29) is 6.10 Å². The molecule has 3 atom stereocenters. The van der Waals surface area contributed by atoms with E-state index >= 15 is 0 Å². The summed E-state index contributed by atoms with van der Waals surface area (Å²) >= 11 is 0. The first kappa shape index (κ1) is 13.8. The van der Waals surface area contributed by atoms with Gasteiger partial charge in [-0.3, -0.25) is 0 Å². The average Bonchev–Trinajstić information content (AvgIpc) is 2.39. The van der Waals surface area contributed by atoms with Gasteiger partial charge < -0.3 is 5.11 Å². The Morgan fingerprint density at radius 2 is 1.72 bits per heavy atom. The molecule has 100 valence electrons. The van der Waals surface area contributed by atoms with Crippen molar-refractivity contribution in [1.82, 2.24) is 0 Å². The molecule has 0 radical (unpaired) electrons. The molecule has 2 rings (SSSR count). The lowest BCUT2D eigenvalue weighted by molar-refractivity contribution is 0.0671. The quantitative estimate of drug-likeness (QED) is 0.826. The molecule has 18 heavy (non-hydrogen) atoms.